The monoisotopic (exact) mass is 281 g/mol. The third-order valence-corrected chi connectivity index (χ3v) is 3.96. The molecule has 2 rings (SSSR count). The van der Waals surface area contributed by atoms with E-state index in [1.54, 1.807) is 0 Å². The summed E-state index contributed by atoms with van der Waals surface area (Å²) in [6.07, 6.45) is 4.84. The van der Waals surface area contributed by atoms with Gasteiger partial charge in [-0.25, -0.2) is 0 Å². The largest absolute Gasteiger partial charge is 0.307 e. The summed E-state index contributed by atoms with van der Waals surface area (Å²) in [6.45, 7) is 4.56. The van der Waals surface area contributed by atoms with Gasteiger partial charge in [-0.3, -0.25) is 0 Å². The van der Waals surface area contributed by atoms with Crippen LogP contribution < -0.4 is 5.32 Å². The lowest BCUT2D eigenvalue weighted by Crippen LogP contribution is -2.31. The number of rotatable bonds is 8. The van der Waals surface area contributed by atoms with E-state index in [0.29, 0.717) is 12.1 Å². The molecule has 112 valence electrons. The Morgan fingerprint density at radius 3 is 2.14 bits per heavy atom. The first-order valence-corrected chi connectivity index (χ1v) is 8.14. The molecule has 0 aliphatic rings. The number of benzene rings is 2. The van der Waals surface area contributed by atoms with Crippen LogP contribution in [0.5, 0.6) is 0 Å². The molecule has 0 aromatic heterocycles. The minimum atomic E-state index is 0.389. The summed E-state index contributed by atoms with van der Waals surface area (Å²) in [7, 11) is 0. The molecule has 1 nitrogen and oxygen atoms in total. The van der Waals surface area contributed by atoms with Crippen LogP contribution in [0, 0.1) is 0 Å². The standard InChI is InChI=1S/C20H27N/c1-3-4-11-17(2)21-20(19-14-9-6-10-15-19)16-18-12-7-5-8-13-18/h5-10,12-15,17,20-21H,3-4,11,16H2,1-2H3. The Morgan fingerprint density at radius 2 is 1.52 bits per heavy atom. The molecular weight excluding hydrogens is 254 g/mol. The highest BCUT2D eigenvalue weighted by molar-refractivity contribution is 5.23. The van der Waals surface area contributed by atoms with Gasteiger partial charge in [-0.15, -0.1) is 0 Å². The highest BCUT2D eigenvalue weighted by Crippen LogP contribution is 2.20. The number of nitrogens with one attached hydrogen (secondary N) is 1. The summed E-state index contributed by atoms with van der Waals surface area (Å²) in [5.74, 6) is 0. The van der Waals surface area contributed by atoms with Gasteiger partial charge in [0, 0.05) is 12.1 Å². The van der Waals surface area contributed by atoms with Gasteiger partial charge in [-0.1, -0.05) is 80.4 Å². The lowest BCUT2D eigenvalue weighted by molar-refractivity contribution is 0.424. The molecule has 0 radical (unpaired) electrons. The minimum absolute atomic E-state index is 0.389. The molecular formula is C20H27N. The van der Waals surface area contributed by atoms with Crippen LogP contribution in [0.1, 0.15) is 50.3 Å². The molecule has 2 atom stereocenters. The average Bonchev–Trinajstić information content (AvgIpc) is 2.54. The molecule has 0 amide bonds. The van der Waals surface area contributed by atoms with Crippen molar-refractivity contribution in [1.29, 1.82) is 0 Å². The third kappa shape index (κ3) is 5.35. The fourth-order valence-electron chi connectivity index (χ4n) is 2.75. The van der Waals surface area contributed by atoms with Gasteiger partial charge in [-0.05, 0) is 30.9 Å². The summed E-state index contributed by atoms with van der Waals surface area (Å²) < 4.78 is 0. The molecule has 0 saturated carbocycles. The lowest BCUT2D eigenvalue weighted by Gasteiger charge is -2.24. The van der Waals surface area contributed by atoms with Crippen molar-refractivity contribution in [2.45, 2.75) is 51.6 Å². The summed E-state index contributed by atoms with van der Waals surface area (Å²) in [5, 5.41) is 3.82. The maximum Gasteiger partial charge on any atom is 0.0363 e. The summed E-state index contributed by atoms with van der Waals surface area (Å²) in [5.41, 5.74) is 2.77. The van der Waals surface area contributed by atoms with E-state index in [-0.39, 0.29) is 0 Å². The Morgan fingerprint density at radius 1 is 0.905 bits per heavy atom. The van der Waals surface area contributed by atoms with Crippen LogP contribution >= 0.6 is 0 Å². The predicted octanol–water partition coefficient (Wildman–Crippen LogP) is 5.14. The van der Waals surface area contributed by atoms with Crippen molar-refractivity contribution in [3.63, 3.8) is 0 Å². The fraction of sp³-hybridized carbons (Fsp3) is 0.400. The Bertz CT molecular complexity index is 492. The Kier molecular flexibility index (Phi) is 6.49. The second-order valence-corrected chi connectivity index (χ2v) is 5.86. The molecule has 2 unspecified atom stereocenters. The summed E-state index contributed by atoms with van der Waals surface area (Å²) in [4.78, 5) is 0. The highest BCUT2D eigenvalue weighted by atomic mass is 14.9. The summed E-state index contributed by atoms with van der Waals surface area (Å²) >= 11 is 0. The van der Waals surface area contributed by atoms with Crippen LogP contribution in [0.25, 0.3) is 0 Å². The van der Waals surface area contributed by atoms with Gasteiger partial charge in [0.05, 0.1) is 0 Å². The number of hydrogen-bond acceptors (Lipinski definition) is 1. The third-order valence-electron chi connectivity index (χ3n) is 3.96. The molecule has 0 heterocycles. The smallest absolute Gasteiger partial charge is 0.0363 e. The zero-order chi connectivity index (χ0) is 14.9. The van der Waals surface area contributed by atoms with Crippen molar-refractivity contribution in [2.75, 3.05) is 0 Å². The van der Waals surface area contributed by atoms with Crippen molar-refractivity contribution < 1.29 is 0 Å². The van der Waals surface area contributed by atoms with E-state index in [4.69, 9.17) is 0 Å². The molecule has 0 fully saturated rings. The maximum atomic E-state index is 3.82. The van der Waals surface area contributed by atoms with E-state index < -0.39 is 0 Å². The first-order valence-electron chi connectivity index (χ1n) is 8.14. The van der Waals surface area contributed by atoms with Crippen molar-refractivity contribution in [3.8, 4) is 0 Å². The molecule has 0 spiro atoms. The molecule has 0 saturated heterocycles. The molecule has 1 N–H and O–H groups in total. The van der Waals surface area contributed by atoms with Crippen LogP contribution in [0.2, 0.25) is 0 Å². The number of hydrogen-bond donors (Lipinski definition) is 1. The topological polar surface area (TPSA) is 12.0 Å². The zero-order valence-corrected chi connectivity index (χ0v) is 13.3. The highest BCUT2D eigenvalue weighted by Gasteiger charge is 2.14. The van der Waals surface area contributed by atoms with E-state index in [1.807, 2.05) is 0 Å². The van der Waals surface area contributed by atoms with Gasteiger partial charge in [0.2, 0.25) is 0 Å². The normalized spacial score (nSPS) is 13.8. The first kappa shape index (κ1) is 15.8. The van der Waals surface area contributed by atoms with Crippen molar-refractivity contribution >= 4 is 0 Å². The van der Waals surface area contributed by atoms with Gasteiger partial charge < -0.3 is 5.32 Å². The van der Waals surface area contributed by atoms with Crippen LogP contribution in [0.4, 0.5) is 0 Å². The Labute approximate surface area is 129 Å². The molecule has 1 heteroatoms. The SMILES string of the molecule is CCCCC(C)NC(Cc1ccccc1)c1ccccc1. The lowest BCUT2D eigenvalue weighted by atomic mass is 9.97. The van der Waals surface area contributed by atoms with Gasteiger partial charge in [0.15, 0.2) is 0 Å². The van der Waals surface area contributed by atoms with Crippen LogP contribution in [-0.4, -0.2) is 6.04 Å². The van der Waals surface area contributed by atoms with E-state index in [0.717, 1.165) is 6.42 Å². The minimum Gasteiger partial charge on any atom is -0.307 e. The second kappa shape index (κ2) is 8.63. The van der Waals surface area contributed by atoms with E-state index in [2.05, 4.69) is 79.8 Å². The molecule has 2 aromatic rings. The predicted molar refractivity (Wildman–Crippen MR) is 91.5 cm³/mol. The summed E-state index contributed by atoms with van der Waals surface area (Å²) in [6, 6.07) is 22.5. The Balaban J connectivity index is 2.07. The van der Waals surface area contributed by atoms with Crippen LogP contribution in [0.3, 0.4) is 0 Å². The van der Waals surface area contributed by atoms with Gasteiger partial charge in [0.1, 0.15) is 0 Å². The van der Waals surface area contributed by atoms with E-state index in [1.165, 1.54) is 30.4 Å². The van der Waals surface area contributed by atoms with Crippen molar-refractivity contribution in [2.24, 2.45) is 0 Å². The van der Waals surface area contributed by atoms with E-state index in [9.17, 15) is 0 Å². The molecule has 2 aromatic carbocycles. The number of unbranched alkanes of at least 4 members (excludes halogenated alkanes) is 1. The fourth-order valence-corrected chi connectivity index (χ4v) is 2.75. The Hall–Kier alpha value is -1.60. The van der Waals surface area contributed by atoms with E-state index >= 15 is 0 Å². The van der Waals surface area contributed by atoms with Crippen molar-refractivity contribution in [3.05, 3.63) is 71.8 Å². The second-order valence-electron chi connectivity index (χ2n) is 5.86. The molecule has 0 bridgehead atoms. The van der Waals surface area contributed by atoms with Crippen molar-refractivity contribution in [1.82, 2.24) is 5.32 Å². The molecule has 0 aliphatic carbocycles. The van der Waals surface area contributed by atoms with Crippen LogP contribution in [-0.2, 0) is 6.42 Å². The first-order chi connectivity index (χ1) is 10.3. The van der Waals surface area contributed by atoms with Gasteiger partial charge in [0.25, 0.3) is 0 Å². The van der Waals surface area contributed by atoms with Crippen LogP contribution in [0.15, 0.2) is 60.7 Å². The average molecular weight is 281 g/mol. The van der Waals surface area contributed by atoms with Gasteiger partial charge in [-0.2, -0.15) is 0 Å². The molecule has 21 heavy (non-hydrogen) atoms. The van der Waals surface area contributed by atoms with Gasteiger partial charge >= 0.3 is 0 Å². The molecule has 0 aliphatic heterocycles. The maximum absolute atomic E-state index is 3.82. The quantitative estimate of drug-likeness (QED) is 0.706. The zero-order valence-electron chi connectivity index (χ0n) is 13.3.